The van der Waals surface area contributed by atoms with E-state index in [1.54, 1.807) is 11.8 Å². The molecule has 2 bridgehead atoms. The zero-order valence-electron chi connectivity index (χ0n) is 19.6. The van der Waals surface area contributed by atoms with E-state index in [-0.39, 0.29) is 25.0 Å². The number of aliphatic hydroxyl groups is 1. The third-order valence-electron chi connectivity index (χ3n) is 7.39. The predicted molar refractivity (Wildman–Crippen MR) is 121 cm³/mol. The third-order valence-corrected chi connectivity index (χ3v) is 7.39. The van der Waals surface area contributed by atoms with Crippen molar-refractivity contribution in [3.8, 4) is 0 Å². The number of benzene rings is 1. The standard InChI is InChI=1S/C25H34N2O6/c1-4-32-24(31)18-17-11-12-25(33-17)19(18)23(30)27(13-6-5-7-14-28)21(25)22(29)26-20-15(2)9-8-10-16(20)3/h8-10,17-19,21,28H,4-7,11-14H2,1-3H3,(H,26,29)/t17-,18+,19+,21?,25?/m1/s1. The molecule has 3 aliphatic heterocycles. The number of anilines is 1. The van der Waals surface area contributed by atoms with Crippen LogP contribution in [-0.2, 0) is 23.9 Å². The molecule has 1 aromatic carbocycles. The van der Waals surface area contributed by atoms with E-state index in [0.717, 1.165) is 23.2 Å². The van der Waals surface area contributed by atoms with Crippen molar-refractivity contribution >= 4 is 23.5 Å². The molecule has 3 fully saturated rings. The minimum absolute atomic E-state index is 0.0900. The van der Waals surface area contributed by atoms with Crippen LogP contribution in [-0.4, -0.2) is 65.3 Å². The van der Waals surface area contributed by atoms with E-state index in [2.05, 4.69) is 5.32 Å². The second-order valence-electron chi connectivity index (χ2n) is 9.38. The number of fused-ring (bicyclic) bond motifs is 1. The first-order valence-electron chi connectivity index (χ1n) is 12.0. The number of aryl methyl sites for hydroxylation is 2. The number of rotatable bonds is 9. The first kappa shape index (κ1) is 23.7. The maximum Gasteiger partial charge on any atom is 0.312 e. The van der Waals surface area contributed by atoms with Gasteiger partial charge in [0.05, 0.1) is 24.5 Å². The van der Waals surface area contributed by atoms with Gasteiger partial charge in [0.25, 0.3) is 0 Å². The van der Waals surface area contributed by atoms with Gasteiger partial charge in [-0.2, -0.15) is 0 Å². The first-order valence-corrected chi connectivity index (χ1v) is 12.0. The van der Waals surface area contributed by atoms with Gasteiger partial charge in [0.2, 0.25) is 11.8 Å². The van der Waals surface area contributed by atoms with E-state index in [4.69, 9.17) is 14.6 Å². The molecule has 1 spiro atoms. The number of likely N-dealkylation sites (tertiary alicyclic amines) is 1. The van der Waals surface area contributed by atoms with Crippen molar-refractivity contribution in [1.29, 1.82) is 0 Å². The number of esters is 1. The Morgan fingerprint density at radius 2 is 1.97 bits per heavy atom. The van der Waals surface area contributed by atoms with Crippen LogP contribution in [0, 0.1) is 25.7 Å². The number of hydrogen-bond acceptors (Lipinski definition) is 6. The van der Waals surface area contributed by atoms with E-state index in [9.17, 15) is 14.4 Å². The number of ether oxygens (including phenoxy) is 2. The van der Waals surface area contributed by atoms with Gasteiger partial charge in [-0.1, -0.05) is 18.2 Å². The molecule has 2 amide bonds. The maximum atomic E-state index is 13.8. The number of amides is 2. The molecule has 3 saturated heterocycles. The molecule has 1 aromatic rings. The number of carbonyl (C=O) groups excluding carboxylic acids is 3. The largest absolute Gasteiger partial charge is 0.466 e. The smallest absolute Gasteiger partial charge is 0.312 e. The monoisotopic (exact) mass is 458 g/mol. The van der Waals surface area contributed by atoms with Crippen molar-refractivity contribution in [2.75, 3.05) is 25.1 Å². The zero-order valence-corrected chi connectivity index (χ0v) is 19.6. The Balaban J connectivity index is 1.67. The number of para-hydroxylation sites is 1. The summed E-state index contributed by atoms with van der Waals surface area (Å²) < 4.78 is 11.6. The van der Waals surface area contributed by atoms with E-state index >= 15 is 0 Å². The lowest BCUT2D eigenvalue weighted by Crippen LogP contribution is -2.53. The number of aliphatic hydroxyl groups excluding tert-OH is 1. The summed E-state index contributed by atoms with van der Waals surface area (Å²) in [6.07, 6.45) is 2.83. The number of unbranched alkanes of at least 4 members (excludes halogenated alkanes) is 2. The van der Waals surface area contributed by atoms with Crippen LogP contribution in [0.1, 0.15) is 50.2 Å². The van der Waals surface area contributed by atoms with Crippen LogP contribution in [0.3, 0.4) is 0 Å². The molecule has 8 nitrogen and oxygen atoms in total. The highest BCUT2D eigenvalue weighted by Gasteiger charge is 2.74. The van der Waals surface area contributed by atoms with Gasteiger partial charge in [-0.15, -0.1) is 0 Å². The maximum absolute atomic E-state index is 13.8. The van der Waals surface area contributed by atoms with E-state index in [1.165, 1.54) is 0 Å². The number of carbonyl (C=O) groups is 3. The number of hydrogen-bond donors (Lipinski definition) is 2. The average Bonchev–Trinajstić information content (AvgIpc) is 3.41. The van der Waals surface area contributed by atoms with Gasteiger partial charge in [0, 0.05) is 18.8 Å². The lowest BCUT2D eigenvalue weighted by atomic mass is 9.70. The molecular weight excluding hydrogens is 424 g/mol. The lowest BCUT2D eigenvalue weighted by Gasteiger charge is -2.33. The Labute approximate surface area is 194 Å². The van der Waals surface area contributed by atoms with Gasteiger partial charge in [-0.25, -0.2) is 0 Å². The topological polar surface area (TPSA) is 105 Å². The van der Waals surface area contributed by atoms with Crippen LogP contribution < -0.4 is 5.32 Å². The van der Waals surface area contributed by atoms with Gasteiger partial charge >= 0.3 is 5.97 Å². The highest BCUT2D eigenvalue weighted by atomic mass is 16.6. The molecule has 3 aliphatic rings. The minimum atomic E-state index is -1.02. The SMILES string of the molecule is CCOC(=O)[C@@H]1[C@H]2C(=O)N(CCCCCO)C(C(=O)Nc3c(C)cccc3C)C23CC[C@H]1O3. The zero-order chi connectivity index (χ0) is 23.8. The summed E-state index contributed by atoms with van der Waals surface area (Å²) in [6.45, 7) is 6.32. The molecule has 3 heterocycles. The van der Waals surface area contributed by atoms with Gasteiger partial charge < -0.3 is 24.8 Å². The molecular formula is C25H34N2O6. The van der Waals surface area contributed by atoms with Crippen molar-refractivity contribution in [2.45, 2.75) is 70.6 Å². The van der Waals surface area contributed by atoms with Crippen LogP contribution in [0.25, 0.3) is 0 Å². The summed E-state index contributed by atoms with van der Waals surface area (Å²) in [5, 5.41) is 12.2. The van der Waals surface area contributed by atoms with Crippen molar-refractivity contribution in [2.24, 2.45) is 11.8 Å². The van der Waals surface area contributed by atoms with Gasteiger partial charge in [0.1, 0.15) is 11.6 Å². The van der Waals surface area contributed by atoms with E-state index < -0.39 is 35.6 Å². The fourth-order valence-corrected chi connectivity index (χ4v) is 5.97. The Morgan fingerprint density at radius 1 is 1.24 bits per heavy atom. The molecule has 2 unspecified atom stereocenters. The molecule has 33 heavy (non-hydrogen) atoms. The molecule has 0 aromatic heterocycles. The predicted octanol–water partition coefficient (Wildman–Crippen LogP) is 2.34. The summed E-state index contributed by atoms with van der Waals surface area (Å²) >= 11 is 0. The molecule has 4 rings (SSSR count). The Kier molecular flexibility index (Phi) is 6.77. The average molecular weight is 459 g/mol. The Hall–Kier alpha value is -2.45. The number of nitrogens with one attached hydrogen (secondary N) is 1. The lowest BCUT2D eigenvalue weighted by molar-refractivity contribution is -0.154. The molecule has 0 radical (unpaired) electrons. The minimum Gasteiger partial charge on any atom is -0.466 e. The highest BCUT2D eigenvalue weighted by molar-refractivity contribution is 6.03. The summed E-state index contributed by atoms with van der Waals surface area (Å²) in [6, 6.07) is 5.00. The second kappa shape index (κ2) is 9.43. The molecule has 180 valence electrons. The van der Waals surface area contributed by atoms with Crippen LogP contribution >= 0.6 is 0 Å². The summed E-state index contributed by atoms with van der Waals surface area (Å²) in [5.41, 5.74) is 1.61. The van der Waals surface area contributed by atoms with Gasteiger partial charge in [0.15, 0.2) is 0 Å². The van der Waals surface area contributed by atoms with E-state index in [1.807, 2.05) is 32.0 Å². The van der Waals surface area contributed by atoms with Crippen molar-refractivity contribution < 1.29 is 29.0 Å². The second-order valence-corrected chi connectivity index (χ2v) is 9.38. The highest BCUT2D eigenvalue weighted by Crippen LogP contribution is 2.58. The summed E-state index contributed by atoms with van der Waals surface area (Å²) in [5.74, 6) is -2.29. The fraction of sp³-hybridized carbons (Fsp3) is 0.640. The van der Waals surface area contributed by atoms with Crippen LogP contribution in [0.15, 0.2) is 18.2 Å². The quantitative estimate of drug-likeness (QED) is 0.435. The molecule has 2 N–H and O–H groups in total. The number of nitrogens with zero attached hydrogens (tertiary/aromatic N) is 1. The van der Waals surface area contributed by atoms with Crippen molar-refractivity contribution in [3.05, 3.63) is 29.3 Å². The van der Waals surface area contributed by atoms with Crippen molar-refractivity contribution in [3.63, 3.8) is 0 Å². The molecule has 5 atom stereocenters. The fourth-order valence-electron chi connectivity index (χ4n) is 5.97. The van der Waals surface area contributed by atoms with Crippen LogP contribution in [0.4, 0.5) is 5.69 Å². The van der Waals surface area contributed by atoms with Crippen LogP contribution in [0.5, 0.6) is 0 Å². The van der Waals surface area contributed by atoms with Crippen LogP contribution in [0.2, 0.25) is 0 Å². The third kappa shape index (κ3) is 3.93. The Morgan fingerprint density at radius 3 is 2.64 bits per heavy atom. The normalized spacial score (nSPS) is 29.9. The van der Waals surface area contributed by atoms with Gasteiger partial charge in [-0.05, 0) is 64.0 Å². The summed E-state index contributed by atoms with van der Waals surface area (Å²) in [4.78, 5) is 41.8. The first-order chi connectivity index (χ1) is 15.9. The molecule has 0 aliphatic carbocycles. The Bertz CT molecular complexity index is 913. The van der Waals surface area contributed by atoms with Crippen molar-refractivity contribution in [1.82, 2.24) is 4.90 Å². The van der Waals surface area contributed by atoms with E-state index in [0.29, 0.717) is 32.2 Å². The van der Waals surface area contributed by atoms with Gasteiger partial charge in [-0.3, -0.25) is 14.4 Å². The summed E-state index contributed by atoms with van der Waals surface area (Å²) in [7, 11) is 0. The molecule has 8 heteroatoms. The molecule has 0 saturated carbocycles.